The predicted octanol–water partition coefficient (Wildman–Crippen LogP) is 4.17. The number of hydrogen-bond acceptors (Lipinski definition) is 4. The topological polar surface area (TPSA) is 91.9 Å². The Morgan fingerprint density at radius 2 is 1.96 bits per heavy atom. The molecule has 0 aliphatic carbocycles. The highest BCUT2D eigenvalue weighted by Crippen LogP contribution is 2.24. The molecule has 27 heavy (non-hydrogen) atoms. The van der Waals surface area contributed by atoms with Crippen molar-refractivity contribution in [3.05, 3.63) is 69.4 Å². The molecule has 0 saturated carbocycles. The third kappa shape index (κ3) is 4.23. The van der Waals surface area contributed by atoms with Crippen molar-refractivity contribution >= 4 is 43.5 Å². The van der Waals surface area contributed by atoms with Crippen molar-refractivity contribution in [1.82, 2.24) is 14.7 Å². The molecule has 2 aromatic carbocycles. The fourth-order valence-corrected chi connectivity index (χ4v) is 4.39. The Morgan fingerprint density at radius 3 is 2.63 bits per heavy atom. The van der Waals surface area contributed by atoms with E-state index in [-0.39, 0.29) is 15.6 Å². The summed E-state index contributed by atoms with van der Waals surface area (Å²) >= 11 is 9.33. The third-order valence-corrected chi connectivity index (χ3v) is 6.12. The smallest absolute Gasteiger partial charge is 0.285 e. The van der Waals surface area contributed by atoms with Crippen LogP contribution in [-0.4, -0.2) is 24.3 Å². The number of imidazole rings is 1. The number of amides is 1. The Hall–Kier alpha value is -2.16. The SMILES string of the molecule is CCc1[nH]c(-c2cccc(Br)c2)nc1C(=O)NS(=O)(=O)c1ccccc1Cl. The Kier molecular flexibility index (Phi) is 5.69. The molecule has 0 radical (unpaired) electrons. The van der Waals surface area contributed by atoms with Crippen molar-refractivity contribution in [2.45, 2.75) is 18.2 Å². The van der Waals surface area contributed by atoms with Gasteiger partial charge in [0, 0.05) is 15.7 Å². The summed E-state index contributed by atoms with van der Waals surface area (Å²) in [5, 5.41) is 0.0327. The number of benzene rings is 2. The first-order chi connectivity index (χ1) is 12.8. The minimum atomic E-state index is -4.12. The number of nitrogens with zero attached hydrogens (tertiary/aromatic N) is 1. The van der Waals surface area contributed by atoms with Crippen molar-refractivity contribution in [2.24, 2.45) is 0 Å². The normalized spacial score (nSPS) is 11.4. The second-order valence-corrected chi connectivity index (χ2v) is 8.62. The van der Waals surface area contributed by atoms with E-state index < -0.39 is 15.9 Å². The van der Waals surface area contributed by atoms with Gasteiger partial charge in [-0.15, -0.1) is 0 Å². The molecule has 1 aromatic heterocycles. The minimum absolute atomic E-state index is 0.0307. The molecular formula is C18H15BrClN3O3S. The van der Waals surface area contributed by atoms with Crippen LogP contribution in [0.25, 0.3) is 11.4 Å². The third-order valence-electron chi connectivity index (χ3n) is 3.80. The summed E-state index contributed by atoms with van der Waals surface area (Å²) < 4.78 is 27.9. The van der Waals surface area contributed by atoms with Gasteiger partial charge < -0.3 is 4.98 Å². The number of nitrogens with one attached hydrogen (secondary N) is 2. The average Bonchev–Trinajstić information content (AvgIpc) is 3.06. The lowest BCUT2D eigenvalue weighted by Crippen LogP contribution is -2.31. The first-order valence-corrected chi connectivity index (χ1v) is 10.6. The average molecular weight is 469 g/mol. The van der Waals surface area contributed by atoms with Gasteiger partial charge in [0.15, 0.2) is 5.69 Å². The maximum Gasteiger partial charge on any atom is 0.285 e. The van der Waals surface area contributed by atoms with Crippen molar-refractivity contribution in [3.8, 4) is 11.4 Å². The van der Waals surface area contributed by atoms with E-state index in [0.717, 1.165) is 10.0 Å². The van der Waals surface area contributed by atoms with Gasteiger partial charge in [0.2, 0.25) is 0 Å². The van der Waals surface area contributed by atoms with Gasteiger partial charge in [-0.25, -0.2) is 18.1 Å². The monoisotopic (exact) mass is 467 g/mol. The molecule has 3 rings (SSSR count). The number of carbonyl (C=O) groups is 1. The van der Waals surface area contributed by atoms with Crippen LogP contribution in [0.5, 0.6) is 0 Å². The summed E-state index contributed by atoms with van der Waals surface area (Å²) in [7, 11) is -4.12. The van der Waals surface area contributed by atoms with Crippen LogP contribution in [0.1, 0.15) is 23.1 Å². The maximum atomic E-state index is 12.6. The van der Waals surface area contributed by atoms with E-state index >= 15 is 0 Å². The summed E-state index contributed by atoms with van der Waals surface area (Å²) in [5.74, 6) is -0.335. The minimum Gasteiger partial charge on any atom is -0.341 e. The van der Waals surface area contributed by atoms with Gasteiger partial charge in [-0.3, -0.25) is 4.79 Å². The van der Waals surface area contributed by atoms with Crippen LogP contribution in [0.3, 0.4) is 0 Å². The van der Waals surface area contributed by atoms with Gasteiger partial charge in [0.25, 0.3) is 15.9 Å². The van der Waals surface area contributed by atoms with Gasteiger partial charge in [0.1, 0.15) is 10.7 Å². The molecule has 0 spiro atoms. The molecule has 140 valence electrons. The van der Waals surface area contributed by atoms with E-state index in [1.165, 1.54) is 18.2 Å². The number of rotatable bonds is 5. The quantitative estimate of drug-likeness (QED) is 0.588. The molecule has 0 aliphatic heterocycles. The van der Waals surface area contributed by atoms with Crippen LogP contribution in [-0.2, 0) is 16.4 Å². The van der Waals surface area contributed by atoms with E-state index in [2.05, 4.69) is 25.9 Å². The molecule has 3 aromatic rings. The molecule has 0 atom stereocenters. The van der Waals surface area contributed by atoms with Crippen LogP contribution >= 0.6 is 27.5 Å². The highest BCUT2D eigenvalue weighted by Gasteiger charge is 2.25. The first kappa shape index (κ1) is 19.6. The number of H-pyrrole nitrogens is 1. The predicted molar refractivity (Wildman–Crippen MR) is 107 cm³/mol. The van der Waals surface area contributed by atoms with Crippen LogP contribution < -0.4 is 4.72 Å². The number of carbonyl (C=O) groups excluding carboxylic acids is 1. The van der Waals surface area contributed by atoms with Gasteiger partial charge in [0.05, 0.1) is 5.02 Å². The molecule has 0 aliphatic rings. The van der Waals surface area contributed by atoms with Crippen molar-refractivity contribution < 1.29 is 13.2 Å². The lowest BCUT2D eigenvalue weighted by atomic mass is 10.2. The van der Waals surface area contributed by atoms with Gasteiger partial charge in [-0.05, 0) is 30.7 Å². The lowest BCUT2D eigenvalue weighted by molar-refractivity contribution is 0.0976. The second-order valence-electron chi connectivity index (χ2n) is 5.64. The molecule has 0 unspecified atom stereocenters. The largest absolute Gasteiger partial charge is 0.341 e. The highest BCUT2D eigenvalue weighted by atomic mass is 79.9. The molecule has 0 bridgehead atoms. The molecule has 0 saturated heterocycles. The number of aryl methyl sites for hydroxylation is 1. The fraction of sp³-hybridized carbons (Fsp3) is 0.111. The number of sulfonamides is 1. The van der Waals surface area contributed by atoms with E-state index in [1.54, 1.807) is 6.07 Å². The lowest BCUT2D eigenvalue weighted by Gasteiger charge is -2.07. The van der Waals surface area contributed by atoms with Gasteiger partial charge in [-0.2, -0.15) is 0 Å². The summed E-state index contributed by atoms with van der Waals surface area (Å²) in [4.78, 5) is 19.8. The van der Waals surface area contributed by atoms with Crippen molar-refractivity contribution in [2.75, 3.05) is 0 Å². The zero-order chi connectivity index (χ0) is 19.6. The molecule has 6 nitrogen and oxygen atoms in total. The van der Waals surface area contributed by atoms with E-state index in [0.29, 0.717) is 17.9 Å². The van der Waals surface area contributed by atoms with Gasteiger partial charge >= 0.3 is 0 Å². The molecule has 1 heterocycles. The molecule has 1 amide bonds. The second kappa shape index (κ2) is 7.84. The van der Waals surface area contributed by atoms with Crippen molar-refractivity contribution in [3.63, 3.8) is 0 Å². The number of aromatic amines is 1. The Bertz CT molecular complexity index is 1110. The summed E-state index contributed by atoms with van der Waals surface area (Å²) in [5.41, 5.74) is 1.34. The Labute approximate surface area is 170 Å². The summed E-state index contributed by atoms with van der Waals surface area (Å²) in [6, 6.07) is 13.3. The fourth-order valence-electron chi connectivity index (χ4n) is 2.51. The van der Waals surface area contributed by atoms with Crippen LogP contribution in [0.4, 0.5) is 0 Å². The van der Waals surface area contributed by atoms with Crippen LogP contribution in [0.15, 0.2) is 57.9 Å². The molecule has 2 N–H and O–H groups in total. The highest BCUT2D eigenvalue weighted by molar-refractivity contribution is 9.10. The molecule has 0 fully saturated rings. The zero-order valence-corrected chi connectivity index (χ0v) is 17.3. The summed E-state index contributed by atoms with van der Waals surface area (Å²) in [6.07, 6.45) is 0.482. The number of halogens is 2. The van der Waals surface area contributed by atoms with Gasteiger partial charge in [-0.1, -0.05) is 58.7 Å². The maximum absolute atomic E-state index is 12.6. The Morgan fingerprint density at radius 1 is 1.22 bits per heavy atom. The first-order valence-electron chi connectivity index (χ1n) is 7.98. The summed E-state index contributed by atoms with van der Waals surface area (Å²) in [6.45, 7) is 1.84. The zero-order valence-electron chi connectivity index (χ0n) is 14.2. The number of hydrogen-bond donors (Lipinski definition) is 2. The molecular weight excluding hydrogens is 454 g/mol. The van der Waals surface area contributed by atoms with Crippen molar-refractivity contribution in [1.29, 1.82) is 0 Å². The van der Waals surface area contributed by atoms with Crippen LogP contribution in [0.2, 0.25) is 5.02 Å². The standard InChI is InChI=1S/C18H15BrClN3O3S/c1-2-14-16(22-17(21-14)11-6-5-7-12(19)10-11)18(24)23-27(25,26)15-9-4-3-8-13(15)20/h3-10H,2H2,1H3,(H,21,22)(H,23,24). The van der Waals surface area contributed by atoms with Crippen LogP contribution in [0, 0.1) is 0 Å². The van der Waals surface area contributed by atoms with E-state index in [9.17, 15) is 13.2 Å². The van der Waals surface area contributed by atoms with E-state index in [1.807, 2.05) is 35.9 Å². The number of aromatic nitrogens is 2. The Balaban J connectivity index is 1.94. The molecule has 9 heteroatoms. The van der Waals surface area contributed by atoms with E-state index in [4.69, 9.17) is 11.6 Å².